The Morgan fingerprint density at radius 2 is 1.73 bits per heavy atom. The number of hydrogen-bond acceptors (Lipinski definition) is 2. The fourth-order valence-electron chi connectivity index (χ4n) is 4.26. The summed E-state index contributed by atoms with van der Waals surface area (Å²) in [6.45, 7) is 5.91. The number of carbonyl (C=O) groups is 2. The van der Waals surface area contributed by atoms with Crippen molar-refractivity contribution in [1.29, 1.82) is 0 Å². The lowest BCUT2D eigenvalue weighted by atomic mass is 9.79. The Morgan fingerprint density at radius 3 is 2.31 bits per heavy atom. The van der Waals surface area contributed by atoms with Crippen molar-refractivity contribution in [3.05, 3.63) is 58.4 Å². The number of hydrogen-bond donors (Lipinski definition) is 2. The summed E-state index contributed by atoms with van der Waals surface area (Å²) in [4.78, 5) is 27.3. The fourth-order valence-corrected chi connectivity index (χ4v) is 4.26. The van der Waals surface area contributed by atoms with Crippen LogP contribution in [0.2, 0.25) is 0 Å². The first-order chi connectivity index (χ1) is 12.5. The number of amides is 1. The second kappa shape index (κ2) is 7.90. The first-order valence-electron chi connectivity index (χ1n) is 9.50. The maximum Gasteiger partial charge on any atom is 0.268 e. The van der Waals surface area contributed by atoms with Crippen LogP contribution in [0, 0.1) is 19.8 Å². The molecule has 138 valence electrons. The van der Waals surface area contributed by atoms with Crippen LogP contribution in [-0.2, 0) is 0 Å². The van der Waals surface area contributed by atoms with Crippen LogP contribution in [0.1, 0.15) is 76.2 Å². The van der Waals surface area contributed by atoms with Gasteiger partial charge in [0, 0.05) is 17.8 Å². The Kier molecular flexibility index (Phi) is 5.60. The summed E-state index contributed by atoms with van der Waals surface area (Å²) in [5.41, 5.74) is 4.11. The van der Waals surface area contributed by atoms with Crippen molar-refractivity contribution < 1.29 is 9.59 Å². The lowest BCUT2D eigenvalue weighted by Crippen LogP contribution is -2.31. The first-order valence-corrected chi connectivity index (χ1v) is 9.50. The fraction of sp³-hybridized carbons (Fsp3) is 0.455. The van der Waals surface area contributed by atoms with Crippen LogP contribution in [0.3, 0.4) is 0 Å². The third-order valence-electron chi connectivity index (χ3n) is 5.69. The van der Waals surface area contributed by atoms with Crippen molar-refractivity contribution in [3.8, 4) is 0 Å². The molecule has 4 nitrogen and oxygen atoms in total. The Labute approximate surface area is 155 Å². The van der Waals surface area contributed by atoms with Crippen LogP contribution in [0.5, 0.6) is 0 Å². The molecule has 1 aromatic carbocycles. The zero-order valence-electron chi connectivity index (χ0n) is 15.9. The van der Waals surface area contributed by atoms with Gasteiger partial charge in [0.2, 0.25) is 0 Å². The standard InChI is InChI=1S/C22H28N2O2/c1-14-20(16(3)25)15(2)24-21(14)22(26)23-13-17-9-11-19(12-10-17)18-7-5-4-6-8-18/h4-8,17,19,24H,9-13H2,1-3H3,(H,23,26). The average Bonchev–Trinajstić information content (AvgIpc) is 2.95. The molecule has 0 unspecified atom stereocenters. The second-order valence-electron chi connectivity index (χ2n) is 7.52. The molecule has 0 atom stereocenters. The summed E-state index contributed by atoms with van der Waals surface area (Å²) in [5, 5.41) is 3.06. The summed E-state index contributed by atoms with van der Waals surface area (Å²) in [5.74, 6) is 1.06. The van der Waals surface area contributed by atoms with Gasteiger partial charge in [-0.15, -0.1) is 0 Å². The molecule has 0 bridgehead atoms. The van der Waals surface area contributed by atoms with Gasteiger partial charge in [0.05, 0.1) is 0 Å². The molecule has 1 saturated carbocycles. The Hall–Kier alpha value is -2.36. The lowest BCUT2D eigenvalue weighted by Gasteiger charge is -2.29. The van der Waals surface area contributed by atoms with Crippen molar-refractivity contribution in [1.82, 2.24) is 10.3 Å². The van der Waals surface area contributed by atoms with Crippen LogP contribution in [0.25, 0.3) is 0 Å². The Bertz CT molecular complexity index is 784. The van der Waals surface area contributed by atoms with E-state index < -0.39 is 0 Å². The quantitative estimate of drug-likeness (QED) is 0.776. The van der Waals surface area contributed by atoms with Crippen LogP contribution in [0.4, 0.5) is 0 Å². The van der Waals surface area contributed by atoms with Crippen molar-refractivity contribution >= 4 is 11.7 Å². The predicted molar refractivity (Wildman–Crippen MR) is 104 cm³/mol. The molecule has 26 heavy (non-hydrogen) atoms. The van der Waals surface area contributed by atoms with Crippen molar-refractivity contribution in [2.75, 3.05) is 6.54 Å². The number of aryl methyl sites for hydroxylation is 1. The van der Waals surface area contributed by atoms with Crippen LogP contribution in [-0.4, -0.2) is 23.2 Å². The normalized spacial score (nSPS) is 20.0. The smallest absolute Gasteiger partial charge is 0.268 e. The van der Waals surface area contributed by atoms with Gasteiger partial charge in [0.1, 0.15) is 5.69 Å². The molecule has 0 spiro atoms. The Morgan fingerprint density at radius 1 is 1.08 bits per heavy atom. The van der Waals surface area contributed by atoms with E-state index in [1.54, 1.807) is 0 Å². The average molecular weight is 352 g/mol. The van der Waals surface area contributed by atoms with Crippen molar-refractivity contribution in [2.45, 2.75) is 52.4 Å². The third kappa shape index (κ3) is 3.90. The van der Waals surface area contributed by atoms with Gasteiger partial charge in [-0.2, -0.15) is 0 Å². The van der Waals surface area contributed by atoms with Gasteiger partial charge in [0.25, 0.3) is 5.91 Å². The number of carbonyl (C=O) groups excluding carboxylic acids is 2. The topological polar surface area (TPSA) is 62.0 Å². The van der Waals surface area contributed by atoms with Gasteiger partial charge < -0.3 is 10.3 Å². The Balaban J connectivity index is 1.53. The monoisotopic (exact) mass is 352 g/mol. The summed E-state index contributed by atoms with van der Waals surface area (Å²) in [6.07, 6.45) is 4.64. The molecule has 4 heteroatoms. The maximum atomic E-state index is 12.5. The summed E-state index contributed by atoms with van der Waals surface area (Å²) < 4.78 is 0. The number of ketones is 1. The van der Waals surface area contributed by atoms with Gasteiger partial charge in [-0.05, 0) is 69.4 Å². The van der Waals surface area contributed by atoms with E-state index in [0.29, 0.717) is 29.6 Å². The van der Waals surface area contributed by atoms with Gasteiger partial charge in [-0.3, -0.25) is 9.59 Å². The number of aromatic nitrogens is 1. The van der Waals surface area contributed by atoms with E-state index in [0.717, 1.165) is 24.1 Å². The summed E-state index contributed by atoms with van der Waals surface area (Å²) in [7, 11) is 0. The van der Waals surface area contributed by atoms with E-state index in [2.05, 4.69) is 40.6 Å². The van der Waals surface area contributed by atoms with E-state index in [4.69, 9.17) is 0 Å². The number of rotatable bonds is 5. The molecule has 1 aliphatic carbocycles. The minimum absolute atomic E-state index is 0.00506. The molecule has 1 aliphatic rings. The van der Waals surface area contributed by atoms with Crippen LogP contribution < -0.4 is 5.32 Å². The highest BCUT2D eigenvalue weighted by atomic mass is 16.2. The minimum atomic E-state index is -0.108. The van der Waals surface area contributed by atoms with E-state index in [1.165, 1.54) is 25.3 Å². The van der Waals surface area contributed by atoms with Gasteiger partial charge in [-0.1, -0.05) is 30.3 Å². The van der Waals surface area contributed by atoms with E-state index >= 15 is 0 Å². The molecular weight excluding hydrogens is 324 g/mol. The number of nitrogens with one attached hydrogen (secondary N) is 2. The minimum Gasteiger partial charge on any atom is -0.354 e. The van der Waals surface area contributed by atoms with Gasteiger partial charge >= 0.3 is 0 Å². The van der Waals surface area contributed by atoms with E-state index in [-0.39, 0.29) is 11.7 Å². The van der Waals surface area contributed by atoms with E-state index in [9.17, 15) is 9.59 Å². The highest BCUT2D eigenvalue weighted by Crippen LogP contribution is 2.35. The molecule has 3 rings (SSSR count). The zero-order valence-corrected chi connectivity index (χ0v) is 15.9. The predicted octanol–water partition coefficient (Wildman–Crippen LogP) is 4.54. The number of benzene rings is 1. The van der Waals surface area contributed by atoms with Gasteiger partial charge in [-0.25, -0.2) is 0 Å². The highest BCUT2D eigenvalue weighted by molar-refractivity contribution is 6.02. The summed E-state index contributed by atoms with van der Waals surface area (Å²) >= 11 is 0. The van der Waals surface area contributed by atoms with E-state index in [1.807, 2.05) is 13.8 Å². The van der Waals surface area contributed by atoms with Gasteiger partial charge in [0.15, 0.2) is 5.78 Å². The molecule has 1 fully saturated rings. The number of H-pyrrole nitrogens is 1. The molecule has 0 aliphatic heterocycles. The molecule has 0 saturated heterocycles. The largest absolute Gasteiger partial charge is 0.354 e. The second-order valence-corrected chi connectivity index (χ2v) is 7.52. The lowest BCUT2D eigenvalue weighted by molar-refractivity contribution is 0.0937. The third-order valence-corrected chi connectivity index (χ3v) is 5.69. The first kappa shape index (κ1) is 18.4. The number of aromatic amines is 1. The van der Waals surface area contributed by atoms with Crippen LogP contribution >= 0.6 is 0 Å². The molecule has 1 aromatic heterocycles. The molecule has 0 radical (unpaired) electrons. The van der Waals surface area contributed by atoms with Crippen LogP contribution in [0.15, 0.2) is 30.3 Å². The molecule has 1 heterocycles. The number of Topliss-reactive ketones (excluding diaryl/α,β-unsaturated/α-hetero) is 1. The summed E-state index contributed by atoms with van der Waals surface area (Å²) in [6, 6.07) is 10.7. The molecular formula is C22H28N2O2. The highest BCUT2D eigenvalue weighted by Gasteiger charge is 2.24. The van der Waals surface area contributed by atoms with Crippen molar-refractivity contribution in [3.63, 3.8) is 0 Å². The van der Waals surface area contributed by atoms with Crippen molar-refractivity contribution in [2.24, 2.45) is 5.92 Å². The molecule has 2 N–H and O–H groups in total. The zero-order chi connectivity index (χ0) is 18.7. The molecule has 1 amide bonds. The maximum absolute atomic E-state index is 12.5. The molecule has 2 aromatic rings. The SMILES string of the molecule is CC(=O)c1c(C)[nH]c(C(=O)NCC2CCC(c3ccccc3)CC2)c1C.